The van der Waals surface area contributed by atoms with Crippen LogP contribution in [0, 0.1) is 18.2 Å². The monoisotopic (exact) mass is 368 g/mol. The van der Waals surface area contributed by atoms with E-state index in [9.17, 15) is 19.1 Å². The van der Waals surface area contributed by atoms with Crippen LogP contribution in [0.25, 0.3) is 0 Å². The van der Waals surface area contributed by atoms with E-state index in [2.05, 4.69) is 4.99 Å². The van der Waals surface area contributed by atoms with Gasteiger partial charge in [0.2, 0.25) is 0 Å². The lowest BCUT2D eigenvalue weighted by Gasteiger charge is -2.29. The van der Waals surface area contributed by atoms with Crippen LogP contribution in [-0.2, 0) is 29.1 Å². The van der Waals surface area contributed by atoms with E-state index >= 15 is 0 Å². The largest absolute Gasteiger partial charge is 0.458 e. The van der Waals surface area contributed by atoms with Gasteiger partial charge in [0.05, 0.1) is 22.7 Å². The van der Waals surface area contributed by atoms with Crippen molar-refractivity contribution >= 4 is 17.4 Å². The van der Waals surface area contributed by atoms with Crippen LogP contribution in [0.4, 0.5) is 10.1 Å². The summed E-state index contributed by atoms with van der Waals surface area (Å²) in [5.41, 5.74) is 3.21. The van der Waals surface area contributed by atoms with Crippen LogP contribution in [0.2, 0.25) is 0 Å². The number of hydrogen-bond acceptors (Lipinski definition) is 5. The molecule has 6 nitrogen and oxygen atoms in total. The highest BCUT2D eigenvalue weighted by molar-refractivity contribution is 6.08. The first-order valence-corrected chi connectivity index (χ1v) is 8.78. The van der Waals surface area contributed by atoms with Crippen molar-refractivity contribution in [2.45, 2.75) is 39.5 Å². The van der Waals surface area contributed by atoms with Gasteiger partial charge in [-0.1, -0.05) is 13.0 Å². The fourth-order valence-electron chi connectivity index (χ4n) is 4.38. The number of fused-ring (bicyclic) bond motifs is 5. The zero-order valence-electron chi connectivity index (χ0n) is 14.9. The molecule has 5 rings (SSSR count). The molecule has 0 amide bonds. The number of cyclic esters (lactones) is 1. The number of hydrogen-bond donors (Lipinski definition) is 1. The molecule has 2 atom stereocenters. The lowest BCUT2D eigenvalue weighted by molar-refractivity contribution is -0.157. The quantitative estimate of drug-likeness (QED) is 0.722. The lowest BCUT2D eigenvalue weighted by atomic mass is 9.77. The predicted molar refractivity (Wildman–Crippen MR) is 94.6 cm³/mol. The molecule has 1 unspecified atom stereocenters. The summed E-state index contributed by atoms with van der Waals surface area (Å²) in [6.07, 6.45) is -0.845. The summed E-state index contributed by atoms with van der Waals surface area (Å²) in [6, 6.07) is 4.88. The molecule has 1 N–H and O–H groups in total. The number of rotatable bonds is 0. The molecule has 0 aliphatic carbocycles. The van der Waals surface area contributed by atoms with Gasteiger partial charge in [-0.25, -0.2) is 9.18 Å². The molecule has 7 heteroatoms. The Balaban J connectivity index is 1.75. The molecule has 2 aromatic rings. The maximum absolute atomic E-state index is 14.0. The number of esters is 1. The molecule has 0 fully saturated rings. The number of aromatic nitrogens is 1. The van der Waals surface area contributed by atoms with Gasteiger partial charge in [0, 0.05) is 23.6 Å². The van der Waals surface area contributed by atoms with Gasteiger partial charge < -0.3 is 14.4 Å². The second-order valence-corrected chi connectivity index (χ2v) is 7.79. The fraction of sp³-hybridized carbons (Fsp3) is 0.350. The van der Waals surface area contributed by atoms with Crippen molar-refractivity contribution in [1.82, 2.24) is 4.57 Å². The Labute approximate surface area is 153 Å². The Morgan fingerprint density at radius 2 is 2.11 bits per heavy atom. The number of carbonyl (C=O) groups is 1. The Bertz CT molecular complexity index is 1130. The number of aliphatic hydroxyl groups is 1. The minimum atomic E-state index is -1.48. The molecule has 1 aromatic heterocycles. The van der Waals surface area contributed by atoms with Crippen LogP contribution in [0.15, 0.2) is 28.0 Å². The number of aliphatic imine (C=N–C) groups is 1. The van der Waals surface area contributed by atoms with Crippen molar-refractivity contribution in [3.8, 4) is 0 Å². The zero-order valence-corrected chi connectivity index (χ0v) is 14.9. The van der Waals surface area contributed by atoms with E-state index < -0.39 is 17.5 Å². The number of nitrogens with zero attached hydrogens (tertiary/aromatic N) is 2. The molecular weight excluding hydrogens is 351 g/mol. The topological polar surface area (TPSA) is 80.9 Å². The Morgan fingerprint density at radius 3 is 2.89 bits per heavy atom. The van der Waals surface area contributed by atoms with Crippen molar-refractivity contribution < 1.29 is 19.0 Å². The Hall–Kier alpha value is -2.80. The van der Waals surface area contributed by atoms with Gasteiger partial charge in [0.1, 0.15) is 12.4 Å². The van der Waals surface area contributed by atoms with E-state index in [0.29, 0.717) is 41.2 Å². The highest BCUT2D eigenvalue weighted by Crippen LogP contribution is 2.44. The van der Waals surface area contributed by atoms with Crippen molar-refractivity contribution in [2.75, 3.05) is 0 Å². The molecule has 0 saturated heterocycles. The smallest absolute Gasteiger partial charge is 0.340 e. The van der Waals surface area contributed by atoms with Gasteiger partial charge in [-0.05, 0) is 30.5 Å². The molecule has 0 bridgehead atoms. The molecular formula is C20H17FN2O4. The standard InChI is InChI=1S/C20H17FN2O4/c1-9-3-10-6-20(2)8-23-15(17(20)22-14(10)5-13(9)21)4-11-12(18(23)25)7-27-19(26)16(11)24/h3-5,16,24H,6-8H2,1-2H3/t16-,20?/m0/s1. The molecule has 1 aromatic carbocycles. The number of halogens is 1. The van der Waals surface area contributed by atoms with Crippen LogP contribution in [-0.4, -0.2) is 21.4 Å². The minimum absolute atomic E-state index is 0.141. The normalized spacial score (nSPS) is 25.1. The summed E-state index contributed by atoms with van der Waals surface area (Å²) in [6.45, 7) is 4.04. The van der Waals surface area contributed by atoms with Crippen molar-refractivity contribution in [1.29, 1.82) is 0 Å². The third-order valence-electron chi connectivity index (χ3n) is 5.81. The zero-order chi connectivity index (χ0) is 19.1. The first-order valence-electron chi connectivity index (χ1n) is 8.78. The van der Waals surface area contributed by atoms with Crippen LogP contribution in [0.3, 0.4) is 0 Å². The van der Waals surface area contributed by atoms with E-state index in [1.165, 1.54) is 6.07 Å². The van der Waals surface area contributed by atoms with E-state index in [1.807, 2.05) is 13.0 Å². The van der Waals surface area contributed by atoms with Gasteiger partial charge >= 0.3 is 5.97 Å². The van der Waals surface area contributed by atoms with Gasteiger partial charge in [0.15, 0.2) is 6.10 Å². The average molecular weight is 368 g/mol. The summed E-state index contributed by atoms with van der Waals surface area (Å²) in [5.74, 6) is -1.08. The van der Waals surface area contributed by atoms with Gasteiger partial charge in [0.25, 0.3) is 5.56 Å². The molecule has 138 valence electrons. The number of benzene rings is 1. The summed E-state index contributed by atoms with van der Waals surface area (Å²) in [5, 5.41) is 10.2. The maximum Gasteiger partial charge on any atom is 0.340 e. The average Bonchev–Trinajstić information content (AvgIpc) is 2.90. The van der Waals surface area contributed by atoms with Crippen molar-refractivity contribution in [3.05, 3.63) is 62.3 Å². The number of aryl methyl sites for hydroxylation is 1. The van der Waals surface area contributed by atoms with Crippen molar-refractivity contribution in [2.24, 2.45) is 10.4 Å². The third kappa shape index (κ3) is 2.12. The molecule has 4 heterocycles. The molecule has 3 aliphatic rings. The fourth-order valence-corrected chi connectivity index (χ4v) is 4.38. The summed E-state index contributed by atoms with van der Waals surface area (Å²) in [7, 11) is 0. The Kier molecular flexibility index (Phi) is 3.11. The number of aliphatic hydroxyl groups excluding tert-OH is 1. The summed E-state index contributed by atoms with van der Waals surface area (Å²) < 4.78 is 20.5. The van der Waals surface area contributed by atoms with Gasteiger partial charge in [-0.15, -0.1) is 0 Å². The SMILES string of the molecule is Cc1cc2c(cc1F)N=C1c3cc4c(c(=O)n3CC1(C)C2)COC(=O)[C@H]4O. The van der Waals surface area contributed by atoms with Crippen LogP contribution in [0.1, 0.15) is 41.0 Å². The molecule has 0 radical (unpaired) electrons. The first kappa shape index (κ1) is 16.4. The van der Waals surface area contributed by atoms with E-state index in [4.69, 9.17) is 4.74 Å². The van der Waals surface area contributed by atoms with E-state index in [0.717, 1.165) is 5.56 Å². The predicted octanol–water partition coefficient (Wildman–Crippen LogP) is 2.08. The van der Waals surface area contributed by atoms with E-state index in [-0.39, 0.29) is 23.5 Å². The molecule has 27 heavy (non-hydrogen) atoms. The highest BCUT2D eigenvalue weighted by atomic mass is 19.1. The van der Waals surface area contributed by atoms with E-state index in [1.54, 1.807) is 17.6 Å². The maximum atomic E-state index is 14.0. The van der Waals surface area contributed by atoms with Crippen molar-refractivity contribution in [3.63, 3.8) is 0 Å². The number of pyridine rings is 1. The molecule has 0 saturated carbocycles. The number of ether oxygens (including phenoxy) is 1. The van der Waals surface area contributed by atoms with Gasteiger partial charge in [-0.2, -0.15) is 0 Å². The lowest BCUT2D eigenvalue weighted by Crippen LogP contribution is -2.33. The third-order valence-corrected chi connectivity index (χ3v) is 5.81. The minimum Gasteiger partial charge on any atom is -0.458 e. The van der Waals surface area contributed by atoms with Gasteiger partial charge in [-0.3, -0.25) is 9.79 Å². The first-order chi connectivity index (χ1) is 12.8. The summed E-state index contributed by atoms with van der Waals surface area (Å²) in [4.78, 5) is 29.3. The second-order valence-electron chi connectivity index (χ2n) is 7.79. The second kappa shape index (κ2) is 5.13. The summed E-state index contributed by atoms with van der Waals surface area (Å²) >= 11 is 0. The molecule has 3 aliphatic heterocycles. The molecule has 0 spiro atoms. The van der Waals surface area contributed by atoms with Crippen LogP contribution < -0.4 is 5.56 Å². The van der Waals surface area contributed by atoms with Crippen LogP contribution in [0.5, 0.6) is 0 Å². The van der Waals surface area contributed by atoms with Crippen LogP contribution >= 0.6 is 0 Å². The number of carbonyl (C=O) groups excluding carboxylic acids is 1. The highest BCUT2D eigenvalue weighted by Gasteiger charge is 2.45. The Morgan fingerprint density at radius 1 is 1.33 bits per heavy atom.